The average Bonchev–Trinajstić information content (AvgIpc) is 2.89. The van der Waals surface area contributed by atoms with Crippen LogP contribution in [-0.4, -0.2) is 26.6 Å². The van der Waals surface area contributed by atoms with Gasteiger partial charge in [-0.3, -0.25) is 4.57 Å². The van der Waals surface area contributed by atoms with Crippen LogP contribution in [0.5, 0.6) is 0 Å². The van der Waals surface area contributed by atoms with Crippen LogP contribution >= 0.6 is 0 Å². The van der Waals surface area contributed by atoms with Crippen LogP contribution in [0.15, 0.2) is 36.7 Å². The number of benzene rings is 1. The number of hydrogen-bond acceptors (Lipinski definition) is 4. The minimum atomic E-state index is -0.113. The van der Waals surface area contributed by atoms with E-state index in [-0.39, 0.29) is 5.41 Å². The van der Waals surface area contributed by atoms with Gasteiger partial charge in [0.25, 0.3) is 0 Å². The van der Waals surface area contributed by atoms with Crippen molar-refractivity contribution in [1.82, 2.24) is 19.5 Å². The highest BCUT2D eigenvalue weighted by Crippen LogP contribution is 2.23. The van der Waals surface area contributed by atoms with E-state index in [1.807, 2.05) is 41.9 Å². The summed E-state index contributed by atoms with van der Waals surface area (Å²) in [5, 5.41) is 3.11. The summed E-state index contributed by atoms with van der Waals surface area (Å²) >= 11 is 0. The number of nitrogens with zero attached hydrogens (tertiary/aromatic N) is 4. The molecule has 108 valence electrons. The van der Waals surface area contributed by atoms with E-state index in [0.717, 1.165) is 28.5 Å². The summed E-state index contributed by atoms with van der Waals surface area (Å²) in [6.07, 6.45) is 1.80. The fourth-order valence-corrected chi connectivity index (χ4v) is 2.16. The molecule has 1 N–H and O–H groups in total. The van der Waals surface area contributed by atoms with Gasteiger partial charge >= 0.3 is 0 Å². The molecule has 0 radical (unpaired) electrons. The largest absolute Gasteiger partial charge is 0.373 e. The second-order valence-electron chi connectivity index (χ2n) is 6.04. The first-order valence-corrected chi connectivity index (χ1v) is 6.99. The van der Waals surface area contributed by atoms with Crippen LogP contribution in [-0.2, 0) is 5.41 Å². The van der Waals surface area contributed by atoms with E-state index in [9.17, 15) is 0 Å². The molecule has 0 atom stereocenters. The predicted molar refractivity (Wildman–Crippen MR) is 84.9 cm³/mol. The second kappa shape index (κ2) is 4.84. The van der Waals surface area contributed by atoms with Crippen molar-refractivity contribution in [2.24, 2.45) is 0 Å². The molecular weight excluding hydrogens is 262 g/mol. The number of anilines is 1. The van der Waals surface area contributed by atoms with Gasteiger partial charge in [0, 0.05) is 18.5 Å². The maximum Gasteiger partial charge on any atom is 0.144 e. The molecule has 2 heterocycles. The molecule has 1 aromatic carbocycles. The highest BCUT2D eigenvalue weighted by Gasteiger charge is 2.19. The Morgan fingerprint density at radius 1 is 1.10 bits per heavy atom. The van der Waals surface area contributed by atoms with Gasteiger partial charge in [-0.1, -0.05) is 32.9 Å². The van der Waals surface area contributed by atoms with E-state index in [0.29, 0.717) is 0 Å². The number of para-hydroxylation sites is 2. The van der Waals surface area contributed by atoms with Crippen LogP contribution in [0.2, 0.25) is 0 Å². The summed E-state index contributed by atoms with van der Waals surface area (Å²) in [4.78, 5) is 13.7. The lowest BCUT2D eigenvalue weighted by Gasteiger charge is -2.18. The smallest absolute Gasteiger partial charge is 0.144 e. The van der Waals surface area contributed by atoms with Gasteiger partial charge in [-0.05, 0) is 12.1 Å². The number of imidazole rings is 1. The third kappa shape index (κ3) is 2.46. The van der Waals surface area contributed by atoms with Gasteiger partial charge in [0.2, 0.25) is 0 Å². The summed E-state index contributed by atoms with van der Waals surface area (Å²) in [5.41, 5.74) is 1.88. The first-order valence-electron chi connectivity index (χ1n) is 6.99. The van der Waals surface area contributed by atoms with Crippen LogP contribution in [0, 0.1) is 0 Å². The van der Waals surface area contributed by atoms with E-state index in [4.69, 9.17) is 4.98 Å². The van der Waals surface area contributed by atoms with Crippen molar-refractivity contribution in [2.45, 2.75) is 26.2 Å². The maximum atomic E-state index is 4.72. The molecule has 0 bridgehead atoms. The van der Waals surface area contributed by atoms with E-state index in [2.05, 4.69) is 36.1 Å². The molecule has 0 fully saturated rings. The minimum absolute atomic E-state index is 0.113. The Kier molecular flexibility index (Phi) is 3.12. The van der Waals surface area contributed by atoms with Crippen molar-refractivity contribution in [3.8, 4) is 5.82 Å². The number of fused-ring (bicyclic) bond motifs is 1. The van der Waals surface area contributed by atoms with Crippen LogP contribution in [0.4, 0.5) is 5.82 Å². The standard InChI is InChI=1S/C16H19N5/c1-16(2,3)15-19-13(17-4)9-14(20-15)21-10-18-11-7-5-6-8-12(11)21/h5-10H,1-4H3,(H,17,19,20). The number of aromatic nitrogens is 4. The molecule has 0 amide bonds. The fourth-order valence-electron chi connectivity index (χ4n) is 2.16. The van der Waals surface area contributed by atoms with Crippen molar-refractivity contribution in [1.29, 1.82) is 0 Å². The fraction of sp³-hybridized carbons (Fsp3) is 0.312. The molecule has 0 spiro atoms. The zero-order valence-electron chi connectivity index (χ0n) is 12.8. The molecule has 3 rings (SSSR count). The van der Waals surface area contributed by atoms with Crippen molar-refractivity contribution in [3.05, 3.63) is 42.5 Å². The molecule has 0 aliphatic rings. The lowest BCUT2D eigenvalue weighted by atomic mass is 9.96. The van der Waals surface area contributed by atoms with E-state index < -0.39 is 0 Å². The lowest BCUT2D eigenvalue weighted by molar-refractivity contribution is 0.544. The van der Waals surface area contributed by atoms with E-state index in [1.54, 1.807) is 6.33 Å². The third-order valence-electron chi connectivity index (χ3n) is 3.34. The predicted octanol–water partition coefficient (Wildman–Crippen LogP) is 3.15. The Morgan fingerprint density at radius 2 is 1.86 bits per heavy atom. The minimum Gasteiger partial charge on any atom is -0.373 e. The number of nitrogens with one attached hydrogen (secondary N) is 1. The summed E-state index contributed by atoms with van der Waals surface area (Å²) in [6.45, 7) is 6.33. The van der Waals surface area contributed by atoms with Crippen LogP contribution in [0.3, 0.4) is 0 Å². The molecule has 0 aliphatic heterocycles. The quantitative estimate of drug-likeness (QED) is 0.784. The number of hydrogen-bond donors (Lipinski definition) is 1. The topological polar surface area (TPSA) is 55.6 Å². The Balaban J connectivity index is 2.22. The summed E-state index contributed by atoms with van der Waals surface area (Å²) < 4.78 is 1.99. The van der Waals surface area contributed by atoms with Crippen LogP contribution in [0.25, 0.3) is 16.9 Å². The SMILES string of the molecule is CNc1cc(-n2cnc3ccccc32)nc(C(C)(C)C)n1. The lowest BCUT2D eigenvalue weighted by Crippen LogP contribution is -2.18. The molecule has 0 saturated carbocycles. The molecule has 0 unspecified atom stereocenters. The summed E-state index contributed by atoms with van der Waals surface area (Å²) in [5.74, 6) is 2.44. The van der Waals surface area contributed by atoms with Gasteiger partial charge in [0.15, 0.2) is 0 Å². The zero-order valence-corrected chi connectivity index (χ0v) is 12.8. The monoisotopic (exact) mass is 281 g/mol. The van der Waals surface area contributed by atoms with E-state index >= 15 is 0 Å². The Hall–Kier alpha value is -2.43. The van der Waals surface area contributed by atoms with Crippen LogP contribution < -0.4 is 5.32 Å². The van der Waals surface area contributed by atoms with Gasteiger partial charge in [-0.25, -0.2) is 15.0 Å². The highest BCUT2D eigenvalue weighted by molar-refractivity contribution is 5.76. The third-order valence-corrected chi connectivity index (χ3v) is 3.34. The Bertz CT molecular complexity index is 783. The first-order chi connectivity index (χ1) is 9.99. The molecule has 0 aliphatic carbocycles. The summed E-state index contributed by atoms with van der Waals surface area (Å²) in [7, 11) is 1.87. The molecule has 5 heteroatoms. The molecular formula is C16H19N5. The molecule has 21 heavy (non-hydrogen) atoms. The second-order valence-corrected chi connectivity index (χ2v) is 6.04. The molecule has 0 saturated heterocycles. The van der Waals surface area contributed by atoms with Gasteiger partial charge in [0.05, 0.1) is 11.0 Å². The van der Waals surface area contributed by atoms with Gasteiger partial charge < -0.3 is 5.32 Å². The Labute approximate surface area is 124 Å². The zero-order chi connectivity index (χ0) is 15.0. The maximum absolute atomic E-state index is 4.72. The van der Waals surface area contributed by atoms with Gasteiger partial charge in [-0.15, -0.1) is 0 Å². The average molecular weight is 281 g/mol. The van der Waals surface area contributed by atoms with Crippen molar-refractivity contribution in [3.63, 3.8) is 0 Å². The van der Waals surface area contributed by atoms with Crippen molar-refractivity contribution < 1.29 is 0 Å². The first kappa shape index (κ1) is 13.5. The normalized spacial score (nSPS) is 11.8. The van der Waals surface area contributed by atoms with Gasteiger partial charge in [0.1, 0.15) is 23.8 Å². The molecule has 5 nitrogen and oxygen atoms in total. The summed E-state index contributed by atoms with van der Waals surface area (Å²) in [6, 6.07) is 9.96. The van der Waals surface area contributed by atoms with Gasteiger partial charge in [-0.2, -0.15) is 0 Å². The Morgan fingerprint density at radius 3 is 2.57 bits per heavy atom. The van der Waals surface area contributed by atoms with Crippen LogP contribution in [0.1, 0.15) is 26.6 Å². The molecule has 2 aromatic heterocycles. The van der Waals surface area contributed by atoms with Crippen molar-refractivity contribution in [2.75, 3.05) is 12.4 Å². The van der Waals surface area contributed by atoms with E-state index in [1.165, 1.54) is 0 Å². The molecule has 3 aromatic rings. The van der Waals surface area contributed by atoms with Crippen molar-refractivity contribution >= 4 is 16.9 Å². The number of rotatable bonds is 2. The highest BCUT2D eigenvalue weighted by atomic mass is 15.1.